The molecule has 0 aromatic heterocycles. The number of rotatable bonds is 7. The molecule has 5 nitrogen and oxygen atoms in total. The summed E-state index contributed by atoms with van der Waals surface area (Å²) in [6.07, 6.45) is 4.89. The molecule has 0 atom stereocenters. The summed E-state index contributed by atoms with van der Waals surface area (Å²) in [6, 6.07) is 6.17. The molecule has 1 saturated heterocycles. The molecular weight excluding hydrogens is 463 g/mol. The van der Waals surface area contributed by atoms with Crippen molar-refractivity contribution in [2.45, 2.75) is 45.2 Å². The molecule has 0 bridgehead atoms. The molecule has 1 aromatic carbocycles. The molecule has 0 unspecified atom stereocenters. The number of nitrogens with one attached hydrogen (secondary N) is 2. The molecular formula is C19H32ClIN4O. The lowest BCUT2D eigenvalue weighted by Crippen LogP contribution is -2.48. The van der Waals surface area contributed by atoms with Crippen molar-refractivity contribution in [2.24, 2.45) is 4.99 Å². The lowest BCUT2D eigenvalue weighted by molar-refractivity contribution is 0.203. The first-order chi connectivity index (χ1) is 12.2. The molecule has 2 rings (SSSR count). The van der Waals surface area contributed by atoms with Gasteiger partial charge in [0.25, 0.3) is 0 Å². The van der Waals surface area contributed by atoms with E-state index in [0.29, 0.717) is 17.6 Å². The summed E-state index contributed by atoms with van der Waals surface area (Å²) in [7, 11) is 3.47. The Hall–Kier alpha value is -0.730. The summed E-state index contributed by atoms with van der Waals surface area (Å²) in [5.41, 5.74) is 1.06. The molecule has 2 N–H and O–H groups in total. The number of benzene rings is 1. The SMILES string of the molecule is CCCCN1CCC(NC(=NC)NCc2ccc(Cl)cc2OC)CC1.I. The smallest absolute Gasteiger partial charge is 0.191 e. The van der Waals surface area contributed by atoms with Crippen LogP contribution in [-0.2, 0) is 6.54 Å². The van der Waals surface area contributed by atoms with Gasteiger partial charge in [0.05, 0.1) is 7.11 Å². The number of guanidine groups is 1. The Morgan fingerprint density at radius 2 is 2.08 bits per heavy atom. The summed E-state index contributed by atoms with van der Waals surface area (Å²) >= 11 is 6.02. The number of hydrogen-bond donors (Lipinski definition) is 2. The number of ether oxygens (including phenoxy) is 1. The van der Waals surface area contributed by atoms with Crippen LogP contribution in [0.4, 0.5) is 0 Å². The van der Waals surface area contributed by atoms with Crippen molar-refractivity contribution in [1.29, 1.82) is 0 Å². The standard InChI is InChI=1S/C19H31ClN4O.HI/c1-4-5-10-24-11-8-17(9-12-24)23-19(21-2)22-14-15-6-7-16(20)13-18(15)25-3;/h6-7,13,17H,4-5,8-12,14H2,1-3H3,(H2,21,22,23);1H. The van der Waals surface area contributed by atoms with E-state index < -0.39 is 0 Å². The molecule has 0 aliphatic carbocycles. The summed E-state index contributed by atoms with van der Waals surface area (Å²) in [4.78, 5) is 6.92. The van der Waals surface area contributed by atoms with E-state index in [-0.39, 0.29) is 24.0 Å². The topological polar surface area (TPSA) is 48.9 Å². The normalized spacial score (nSPS) is 16.1. The highest BCUT2D eigenvalue weighted by molar-refractivity contribution is 14.0. The molecule has 0 saturated carbocycles. The third kappa shape index (κ3) is 7.48. The predicted octanol–water partition coefficient (Wildman–Crippen LogP) is 3.90. The Labute approximate surface area is 179 Å². The van der Waals surface area contributed by atoms with Crippen LogP contribution < -0.4 is 15.4 Å². The molecule has 1 fully saturated rings. The molecule has 1 aliphatic rings. The minimum absolute atomic E-state index is 0. The Morgan fingerprint density at radius 3 is 2.69 bits per heavy atom. The fourth-order valence-electron chi connectivity index (χ4n) is 3.11. The lowest BCUT2D eigenvalue weighted by Gasteiger charge is -2.33. The van der Waals surface area contributed by atoms with Gasteiger partial charge in [-0.2, -0.15) is 0 Å². The zero-order valence-electron chi connectivity index (χ0n) is 16.1. The van der Waals surface area contributed by atoms with Crippen molar-refractivity contribution in [3.8, 4) is 5.75 Å². The van der Waals surface area contributed by atoms with E-state index in [1.165, 1.54) is 32.5 Å². The van der Waals surface area contributed by atoms with Crippen LogP contribution in [0.25, 0.3) is 0 Å². The quantitative estimate of drug-likeness (QED) is 0.343. The third-order valence-electron chi connectivity index (χ3n) is 4.68. The monoisotopic (exact) mass is 494 g/mol. The number of likely N-dealkylation sites (tertiary alicyclic amines) is 1. The van der Waals surface area contributed by atoms with Gasteiger partial charge in [-0.1, -0.05) is 31.0 Å². The molecule has 0 spiro atoms. The second-order valence-corrected chi connectivity index (χ2v) is 6.93. The van der Waals surface area contributed by atoms with Crippen molar-refractivity contribution < 1.29 is 4.74 Å². The zero-order chi connectivity index (χ0) is 18.1. The minimum atomic E-state index is 0. The van der Waals surface area contributed by atoms with Crippen molar-refractivity contribution in [1.82, 2.24) is 15.5 Å². The van der Waals surface area contributed by atoms with Gasteiger partial charge >= 0.3 is 0 Å². The highest BCUT2D eigenvalue weighted by Crippen LogP contribution is 2.22. The molecule has 148 valence electrons. The lowest BCUT2D eigenvalue weighted by atomic mass is 10.0. The number of aliphatic imine (C=N–C) groups is 1. The van der Waals surface area contributed by atoms with E-state index in [2.05, 4.69) is 27.4 Å². The molecule has 0 amide bonds. The van der Waals surface area contributed by atoms with Crippen LogP contribution in [0.2, 0.25) is 5.02 Å². The van der Waals surface area contributed by atoms with Gasteiger partial charge in [-0.3, -0.25) is 4.99 Å². The van der Waals surface area contributed by atoms with Crippen molar-refractivity contribution in [3.63, 3.8) is 0 Å². The van der Waals surface area contributed by atoms with Gasteiger partial charge in [0.15, 0.2) is 5.96 Å². The van der Waals surface area contributed by atoms with Crippen LogP contribution >= 0.6 is 35.6 Å². The van der Waals surface area contributed by atoms with Gasteiger partial charge in [-0.15, -0.1) is 24.0 Å². The first-order valence-corrected chi connectivity index (χ1v) is 9.56. The predicted molar refractivity (Wildman–Crippen MR) is 121 cm³/mol. The molecule has 0 radical (unpaired) electrons. The van der Waals surface area contributed by atoms with E-state index >= 15 is 0 Å². The van der Waals surface area contributed by atoms with Crippen LogP contribution in [0.5, 0.6) is 5.75 Å². The second-order valence-electron chi connectivity index (χ2n) is 6.50. The maximum atomic E-state index is 6.02. The molecule has 26 heavy (non-hydrogen) atoms. The first-order valence-electron chi connectivity index (χ1n) is 9.18. The summed E-state index contributed by atoms with van der Waals surface area (Å²) in [5.74, 6) is 1.63. The first kappa shape index (κ1) is 23.3. The number of unbranched alkanes of at least 4 members (excludes halogenated alkanes) is 1. The number of halogens is 2. The Kier molecular flexibility index (Phi) is 11.3. The van der Waals surface area contributed by atoms with Gasteiger partial charge in [0, 0.05) is 43.3 Å². The second kappa shape index (κ2) is 12.6. The van der Waals surface area contributed by atoms with E-state index in [4.69, 9.17) is 16.3 Å². The van der Waals surface area contributed by atoms with Gasteiger partial charge < -0.3 is 20.3 Å². The highest BCUT2D eigenvalue weighted by Gasteiger charge is 2.19. The highest BCUT2D eigenvalue weighted by atomic mass is 127. The average Bonchev–Trinajstić information content (AvgIpc) is 2.65. The fourth-order valence-corrected chi connectivity index (χ4v) is 3.28. The van der Waals surface area contributed by atoms with E-state index in [0.717, 1.165) is 30.1 Å². The fraction of sp³-hybridized carbons (Fsp3) is 0.632. The summed E-state index contributed by atoms with van der Waals surface area (Å²) in [6.45, 7) is 6.46. The van der Waals surface area contributed by atoms with Crippen LogP contribution in [0.3, 0.4) is 0 Å². The van der Waals surface area contributed by atoms with Crippen LogP contribution in [0.1, 0.15) is 38.2 Å². The van der Waals surface area contributed by atoms with Crippen LogP contribution in [-0.4, -0.2) is 50.7 Å². The van der Waals surface area contributed by atoms with Gasteiger partial charge in [0.1, 0.15) is 5.75 Å². The Bertz CT molecular complexity index is 562. The number of hydrogen-bond acceptors (Lipinski definition) is 3. The number of nitrogens with zero attached hydrogens (tertiary/aromatic N) is 2. The summed E-state index contributed by atoms with van der Waals surface area (Å²) < 4.78 is 5.40. The molecule has 7 heteroatoms. The van der Waals surface area contributed by atoms with Crippen molar-refractivity contribution in [3.05, 3.63) is 28.8 Å². The summed E-state index contributed by atoms with van der Waals surface area (Å²) in [5, 5.41) is 7.60. The van der Waals surface area contributed by atoms with Gasteiger partial charge in [-0.05, 0) is 37.9 Å². The zero-order valence-corrected chi connectivity index (χ0v) is 19.1. The molecule has 1 aliphatic heterocycles. The largest absolute Gasteiger partial charge is 0.496 e. The Balaban J connectivity index is 0.00000338. The minimum Gasteiger partial charge on any atom is -0.496 e. The molecule has 1 aromatic rings. The van der Waals surface area contributed by atoms with Gasteiger partial charge in [0.2, 0.25) is 0 Å². The van der Waals surface area contributed by atoms with E-state index in [1.54, 1.807) is 7.11 Å². The van der Waals surface area contributed by atoms with Gasteiger partial charge in [-0.25, -0.2) is 0 Å². The van der Waals surface area contributed by atoms with Crippen LogP contribution in [0.15, 0.2) is 23.2 Å². The third-order valence-corrected chi connectivity index (χ3v) is 4.91. The van der Waals surface area contributed by atoms with E-state index in [9.17, 15) is 0 Å². The number of methoxy groups -OCH3 is 1. The van der Waals surface area contributed by atoms with Crippen LogP contribution in [0, 0.1) is 0 Å². The van der Waals surface area contributed by atoms with Crippen molar-refractivity contribution in [2.75, 3.05) is 33.8 Å². The maximum absolute atomic E-state index is 6.02. The van der Waals surface area contributed by atoms with E-state index in [1.807, 2.05) is 25.2 Å². The molecule has 1 heterocycles. The average molecular weight is 495 g/mol. The number of piperidine rings is 1. The maximum Gasteiger partial charge on any atom is 0.191 e. The Morgan fingerprint density at radius 1 is 1.35 bits per heavy atom. The van der Waals surface area contributed by atoms with Crippen molar-refractivity contribution >= 4 is 41.5 Å².